The van der Waals surface area contributed by atoms with Crippen molar-refractivity contribution in [3.05, 3.63) is 12.1 Å². The van der Waals surface area contributed by atoms with Gasteiger partial charge in [-0.05, 0) is 12.1 Å². The minimum absolute atomic E-state index is 0.437. The van der Waals surface area contributed by atoms with E-state index in [9.17, 15) is 0 Å². The van der Waals surface area contributed by atoms with Gasteiger partial charge in [-0.2, -0.15) is 5.26 Å². The first kappa shape index (κ1) is 10.6. The lowest BCUT2D eigenvalue weighted by Gasteiger charge is -2.33. The molecule has 0 aliphatic carbocycles. The first-order valence-electron chi connectivity index (χ1n) is 5.23. The van der Waals surface area contributed by atoms with Crippen LogP contribution in [0, 0.1) is 11.3 Å². The second kappa shape index (κ2) is 4.77. The fraction of sp³-hybridized carbons (Fsp3) is 0.500. The number of nitrogens with zero attached hydrogens (tertiary/aromatic N) is 5. The molecule has 2 N–H and O–H groups in total. The van der Waals surface area contributed by atoms with Crippen LogP contribution in [0.3, 0.4) is 0 Å². The van der Waals surface area contributed by atoms with Crippen molar-refractivity contribution in [2.24, 2.45) is 0 Å². The number of nitrogen functional groups attached to an aromatic ring is 1. The molecule has 0 radical (unpaired) electrons. The highest BCUT2D eigenvalue weighted by atomic mass is 15.3. The van der Waals surface area contributed by atoms with E-state index in [1.54, 1.807) is 6.07 Å². The van der Waals surface area contributed by atoms with Gasteiger partial charge in [0.25, 0.3) is 0 Å². The van der Waals surface area contributed by atoms with Crippen molar-refractivity contribution < 1.29 is 0 Å². The molecule has 84 valence electrons. The second-order valence-corrected chi connectivity index (χ2v) is 3.74. The number of hydrogen-bond acceptors (Lipinski definition) is 6. The van der Waals surface area contributed by atoms with Crippen LogP contribution >= 0.6 is 0 Å². The van der Waals surface area contributed by atoms with Gasteiger partial charge in [-0.3, -0.25) is 4.90 Å². The monoisotopic (exact) mass is 218 g/mol. The van der Waals surface area contributed by atoms with E-state index in [0.29, 0.717) is 12.4 Å². The Bertz CT molecular complexity index is 373. The molecule has 2 rings (SSSR count). The van der Waals surface area contributed by atoms with Gasteiger partial charge < -0.3 is 10.6 Å². The summed E-state index contributed by atoms with van der Waals surface area (Å²) >= 11 is 0. The van der Waals surface area contributed by atoms with E-state index >= 15 is 0 Å². The zero-order chi connectivity index (χ0) is 11.4. The van der Waals surface area contributed by atoms with E-state index in [1.807, 2.05) is 6.07 Å². The van der Waals surface area contributed by atoms with Gasteiger partial charge in [-0.15, -0.1) is 10.2 Å². The van der Waals surface area contributed by atoms with Crippen molar-refractivity contribution in [2.75, 3.05) is 43.4 Å². The molecule has 1 saturated heterocycles. The fourth-order valence-corrected chi connectivity index (χ4v) is 1.74. The number of aromatic nitrogens is 2. The molecule has 1 aliphatic heterocycles. The molecular formula is C10H14N6. The predicted octanol–water partition coefficient (Wildman–Crippen LogP) is -0.296. The molecule has 0 saturated carbocycles. The summed E-state index contributed by atoms with van der Waals surface area (Å²) in [6.45, 7) is 4.03. The normalized spacial score (nSPS) is 17.1. The van der Waals surface area contributed by atoms with Crippen LogP contribution in [-0.2, 0) is 0 Å². The van der Waals surface area contributed by atoms with Crippen molar-refractivity contribution in [1.29, 1.82) is 5.26 Å². The zero-order valence-corrected chi connectivity index (χ0v) is 9.00. The van der Waals surface area contributed by atoms with Crippen LogP contribution in [0.1, 0.15) is 0 Å². The second-order valence-electron chi connectivity index (χ2n) is 3.74. The highest BCUT2D eigenvalue weighted by Crippen LogP contribution is 2.12. The standard InChI is InChI=1S/C10H14N6/c11-3-4-15-5-7-16(8-6-15)10-2-1-9(12)13-14-10/h1-2H,4-8H2,(H2,12,13). The van der Waals surface area contributed by atoms with Crippen LogP contribution in [0.4, 0.5) is 11.6 Å². The molecule has 1 aliphatic rings. The van der Waals surface area contributed by atoms with Crippen molar-refractivity contribution in [3.8, 4) is 6.07 Å². The Morgan fingerprint density at radius 3 is 2.56 bits per heavy atom. The summed E-state index contributed by atoms with van der Waals surface area (Å²) < 4.78 is 0. The minimum atomic E-state index is 0.437. The van der Waals surface area contributed by atoms with Gasteiger partial charge >= 0.3 is 0 Å². The lowest BCUT2D eigenvalue weighted by molar-refractivity contribution is 0.286. The first-order valence-corrected chi connectivity index (χ1v) is 5.23. The summed E-state index contributed by atoms with van der Waals surface area (Å²) in [5, 5.41) is 16.5. The van der Waals surface area contributed by atoms with Gasteiger partial charge in [0.1, 0.15) is 5.82 Å². The molecule has 1 fully saturated rings. The number of hydrogen-bond donors (Lipinski definition) is 1. The first-order chi connectivity index (χ1) is 7.79. The molecule has 0 unspecified atom stereocenters. The summed E-state index contributed by atoms with van der Waals surface area (Å²) in [4.78, 5) is 4.28. The van der Waals surface area contributed by atoms with Crippen LogP contribution in [0.25, 0.3) is 0 Å². The van der Waals surface area contributed by atoms with Gasteiger partial charge in [0.15, 0.2) is 5.82 Å². The van der Waals surface area contributed by atoms with E-state index in [1.165, 1.54) is 0 Å². The quantitative estimate of drug-likeness (QED) is 0.686. The molecule has 0 spiro atoms. The van der Waals surface area contributed by atoms with Crippen molar-refractivity contribution in [1.82, 2.24) is 15.1 Å². The van der Waals surface area contributed by atoms with Crippen LogP contribution in [0.15, 0.2) is 12.1 Å². The highest BCUT2D eigenvalue weighted by Gasteiger charge is 2.17. The van der Waals surface area contributed by atoms with E-state index in [4.69, 9.17) is 11.0 Å². The fourth-order valence-electron chi connectivity index (χ4n) is 1.74. The minimum Gasteiger partial charge on any atom is -0.382 e. The molecule has 1 aromatic heterocycles. The van der Waals surface area contributed by atoms with Gasteiger partial charge in [0, 0.05) is 26.2 Å². The van der Waals surface area contributed by atoms with Gasteiger partial charge in [0.2, 0.25) is 0 Å². The maximum atomic E-state index is 8.59. The van der Waals surface area contributed by atoms with Gasteiger partial charge in [-0.1, -0.05) is 0 Å². The Kier molecular flexibility index (Phi) is 3.17. The molecule has 1 aromatic rings. The number of anilines is 2. The summed E-state index contributed by atoms with van der Waals surface area (Å²) in [6, 6.07) is 5.79. The molecular weight excluding hydrogens is 204 g/mol. The highest BCUT2D eigenvalue weighted by molar-refractivity contribution is 5.41. The number of rotatable bonds is 2. The topological polar surface area (TPSA) is 82.1 Å². The lowest BCUT2D eigenvalue weighted by atomic mass is 10.3. The maximum absolute atomic E-state index is 8.59. The summed E-state index contributed by atoms with van der Waals surface area (Å²) in [5.74, 6) is 1.29. The van der Waals surface area contributed by atoms with E-state index < -0.39 is 0 Å². The van der Waals surface area contributed by atoms with Crippen LogP contribution in [-0.4, -0.2) is 47.8 Å². The summed E-state index contributed by atoms with van der Waals surface area (Å²) in [5.41, 5.74) is 5.48. The third-order valence-electron chi connectivity index (χ3n) is 2.66. The smallest absolute Gasteiger partial charge is 0.151 e. The number of piperazine rings is 1. The van der Waals surface area contributed by atoms with Crippen molar-refractivity contribution in [2.45, 2.75) is 0 Å². The molecule has 0 amide bonds. The van der Waals surface area contributed by atoms with E-state index in [-0.39, 0.29) is 0 Å². The van der Waals surface area contributed by atoms with Crippen molar-refractivity contribution >= 4 is 11.6 Å². The SMILES string of the molecule is N#CCN1CCN(c2ccc(N)nn2)CC1. The Labute approximate surface area is 94.3 Å². The molecule has 0 atom stereocenters. The Morgan fingerprint density at radius 2 is 2.00 bits per heavy atom. The average Bonchev–Trinajstić information content (AvgIpc) is 2.32. The molecule has 6 heteroatoms. The predicted molar refractivity (Wildman–Crippen MR) is 60.7 cm³/mol. The number of nitrogens with two attached hydrogens (primary N) is 1. The Hall–Kier alpha value is -1.87. The van der Waals surface area contributed by atoms with Gasteiger partial charge in [0.05, 0.1) is 12.6 Å². The van der Waals surface area contributed by atoms with Crippen LogP contribution < -0.4 is 10.6 Å². The van der Waals surface area contributed by atoms with Crippen molar-refractivity contribution in [3.63, 3.8) is 0 Å². The third kappa shape index (κ3) is 2.38. The van der Waals surface area contributed by atoms with E-state index in [0.717, 1.165) is 32.0 Å². The Morgan fingerprint density at radius 1 is 1.25 bits per heavy atom. The summed E-state index contributed by atoms with van der Waals surface area (Å²) in [6.07, 6.45) is 0. The molecule has 6 nitrogen and oxygen atoms in total. The maximum Gasteiger partial charge on any atom is 0.151 e. The Balaban J connectivity index is 1.94. The number of nitriles is 1. The van der Waals surface area contributed by atoms with Crippen LogP contribution in [0.5, 0.6) is 0 Å². The molecule has 0 aromatic carbocycles. The largest absolute Gasteiger partial charge is 0.382 e. The molecule has 0 bridgehead atoms. The zero-order valence-electron chi connectivity index (χ0n) is 9.00. The summed E-state index contributed by atoms with van der Waals surface area (Å²) in [7, 11) is 0. The van der Waals surface area contributed by atoms with Crippen LogP contribution in [0.2, 0.25) is 0 Å². The van der Waals surface area contributed by atoms with Gasteiger partial charge in [-0.25, -0.2) is 0 Å². The lowest BCUT2D eigenvalue weighted by Crippen LogP contribution is -2.46. The molecule has 16 heavy (non-hydrogen) atoms. The third-order valence-corrected chi connectivity index (χ3v) is 2.66. The average molecular weight is 218 g/mol. The molecule has 2 heterocycles. The van der Waals surface area contributed by atoms with E-state index in [2.05, 4.69) is 26.1 Å².